The molecule has 1 fully saturated rings. The van der Waals surface area contributed by atoms with E-state index in [9.17, 15) is 9.59 Å². The maximum atomic E-state index is 11.9. The minimum Gasteiger partial charge on any atom is -0.354 e. The maximum absolute atomic E-state index is 11.9. The van der Waals surface area contributed by atoms with E-state index in [-0.39, 0.29) is 65.8 Å². The van der Waals surface area contributed by atoms with Crippen LogP contribution in [0.5, 0.6) is 0 Å². The molecule has 0 saturated heterocycles. The van der Waals surface area contributed by atoms with Gasteiger partial charge in [-0.1, -0.05) is 27.7 Å². The van der Waals surface area contributed by atoms with Crippen LogP contribution < -0.4 is 10.6 Å². The number of carbonyl (C=O) groups excluding carboxylic acids is 2. The lowest BCUT2D eigenvalue weighted by molar-refractivity contribution is -0.127. The van der Waals surface area contributed by atoms with Crippen molar-refractivity contribution >= 4 is 41.8 Å². The number of amides is 2. The van der Waals surface area contributed by atoms with Gasteiger partial charge < -0.3 is 20.4 Å². The van der Waals surface area contributed by atoms with E-state index >= 15 is 0 Å². The Hall–Kier alpha value is -1.06. The highest BCUT2D eigenvalue weighted by atomic mass is 127. The Labute approximate surface area is 181 Å². The Morgan fingerprint density at radius 1 is 0.963 bits per heavy atom. The molecular formula is C19H38IN5O2. The molecule has 0 aliphatic heterocycles. The van der Waals surface area contributed by atoms with E-state index in [1.807, 2.05) is 0 Å². The number of nitrogens with zero attached hydrogens (tertiary/aromatic N) is 3. The third kappa shape index (κ3) is 9.62. The summed E-state index contributed by atoms with van der Waals surface area (Å²) in [5.41, 5.74) is 0.479. The zero-order valence-corrected chi connectivity index (χ0v) is 20.5. The lowest BCUT2D eigenvalue weighted by Gasteiger charge is -2.45. The number of rotatable bonds is 5. The fourth-order valence-corrected chi connectivity index (χ4v) is 3.90. The van der Waals surface area contributed by atoms with Gasteiger partial charge in [0.25, 0.3) is 0 Å². The lowest BCUT2D eigenvalue weighted by Crippen LogP contribution is -2.51. The molecule has 0 heterocycles. The molecule has 0 bridgehead atoms. The molecule has 0 spiro atoms. The zero-order chi connectivity index (χ0) is 20.1. The zero-order valence-electron chi connectivity index (χ0n) is 18.2. The Morgan fingerprint density at radius 2 is 1.44 bits per heavy atom. The van der Waals surface area contributed by atoms with Gasteiger partial charge in [-0.05, 0) is 30.1 Å². The molecule has 158 valence electrons. The fourth-order valence-electron chi connectivity index (χ4n) is 3.90. The predicted octanol–water partition coefficient (Wildman–Crippen LogP) is 1.92. The molecule has 1 aliphatic rings. The third-order valence-corrected chi connectivity index (χ3v) is 4.67. The first-order chi connectivity index (χ1) is 11.8. The number of carbonyl (C=O) groups is 2. The van der Waals surface area contributed by atoms with E-state index in [1.165, 1.54) is 16.2 Å². The largest absolute Gasteiger partial charge is 0.354 e. The molecule has 8 heteroatoms. The second kappa shape index (κ2) is 10.5. The average molecular weight is 495 g/mol. The molecule has 0 unspecified atom stereocenters. The Bertz CT molecular complexity index is 528. The first kappa shape index (κ1) is 25.9. The van der Waals surface area contributed by atoms with Crippen LogP contribution in [0.25, 0.3) is 0 Å². The van der Waals surface area contributed by atoms with Crippen molar-refractivity contribution in [1.82, 2.24) is 20.4 Å². The monoisotopic (exact) mass is 495 g/mol. The van der Waals surface area contributed by atoms with Crippen molar-refractivity contribution in [1.29, 1.82) is 0 Å². The van der Waals surface area contributed by atoms with Crippen LogP contribution in [-0.4, -0.2) is 74.9 Å². The number of nitrogens with one attached hydrogen (secondary N) is 2. The van der Waals surface area contributed by atoms with Crippen molar-refractivity contribution < 1.29 is 9.59 Å². The van der Waals surface area contributed by atoms with Crippen LogP contribution in [0.2, 0.25) is 0 Å². The number of aliphatic imine (C=N–C) groups is 1. The summed E-state index contributed by atoms with van der Waals surface area (Å²) in [7, 11) is 6.85. The van der Waals surface area contributed by atoms with Crippen LogP contribution in [0, 0.1) is 10.8 Å². The summed E-state index contributed by atoms with van der Waals surface area (Å²) >= 11 is 0. The van der Waals surface area contributed by atoms with Crippen LogP contribution in [0.1, 0.15) is 47.0 Å². The summed E-state index contributed by atoms with van der Waals surface area (Å²) in [6.45, 7) is 9.36. The van der Waals surface area contributed by atoms with Crippen LogP contribution in [-0.2, 0) is 9.59 Å². The van der Waals surface area contributed by atoms with E-state index in [1.54, 1.807) is 28.2 Å². The van der Waals surface area contributed by atoms with Crippen molar-refractivity contribution in [3.63, 3.8) is 0 Å². The normalized spacial score (nSPS) is 18.9. The molecule has 1 rings (SSSR count). The van der Waals surface area contributed by atoms with Gasteiger partial charge in [-0.3, -0.25) is 9.59 Å². The summed E-state index contributed by atoms with van der Waals surface area (Å²) in [4.78, 5) is 31.2. The molecule has 1 aliphatic carbocycles. The molecule has 2 amide bonds. The smallest absolute Gasteiger partial charge is 0.243 e. The van der Waals surface area contributed by atoms with E-state index < -0.39 is 0 Å². The fraction of sp³-hybridized carbons (Fsp3) is 0.842. The third-order valence-electron chi connectivity index (χ3n) is 4.67. The van der Waals surface area contributed by atoms with Gasteiger partial charge >= 0.3 is 0 Å². The molecule has 27 heavy (non-hydrogen) atoms. The second-order valence-electron chi connectivity index (χ2n) is 9.35. The minimum absolute atomic E-state index is 0. The molecule has 0 aromatic carbocycles. The summed E-state index contributed by atoms with van der Waals surface area (Å²) in [6.07, 6.45) is 3.23. The maximum Gasteiger partial charge on any atom is 0.243 e. The number of guanidine groups is 1. The molecule has 2 N–H and O–H groups in total. The van der Waals surface area contributed by atoms with Crippen LogP contribution in [0.15, 0.2) is 4.99 Å². The van der Waals surface area contributed by atoms with Gasteiger partial charge in [0.1, 0.15) is 6.54 Å². The summed E-state index contributed by atoms with van der Waals surface area (Å²) in [5, 5.41) is 6.53. The summed E-state index contributed by atoms with van der Waals surface area (Å²) < 4.78 is 0. The number of hydrogen-bond donors (Lipinski definition) is 2. The highest BCUT2D eigenvalue weighted by Crippen LogP contribution is 2.45. The Balaban J connectivity index is 0.00000676. The molecule has 0 aromatic rings. The van der Waals surface area contributed by atoms with Gasteiger partial charge in [-0.25, -0.2) is 4.99 Å². The van der Waals surface area contributed by atoms with Gasteiger partial charge in [0.05, 0.1) is 6.54 Å². The first-order valence-electron chi connectivity index (χ1n) is 9.26. The van der Waals surface area contributed by atoms with Crippen molar-refractivity contribution in [2.24, 2.45) is 15.8 Å². The van der Waals surface area contributed by atoms with Gasteiger partial charge in [0, 0.05) is 34.2 Å². The average Bonchev–Trinajstić information content (AvgIpc) is 2.45. The van der Waals surface area contributed by atoms with E-state index in [0.717, 1.165) is 12.8 Å². The van der Waals surface area contributed by atoms with Crippen molar-refractivity contribution in [2.75, 3.05) is 41.3 Å². The van der Waals surface area contributed by atoms with E-state index in [4.69, 9.17) is 0 Å². The lowest BCUT2D eigenvalue weighted by atomic mass is 9.63. The van der Waals surface area contributed by atoms with Crippen LogP contribution in [0.4, 0.5) is 0 Å². The van der Waals surface area contributed by atoms with Crippen molar-refractivity contribution in [3.8, 4) is 0 Å². The Kier molecular flexibility index (Phi) is 10.1. The Morgan fingerprint density at radius 3 is 1.89 bits per heavy atom. The highest BCUT2D eigenvalue weighted by molar-refractivity contribution is 14.0. The standard InChI is InChI=1S/C19H37N5O2.HI/c1-18(2)9-14(10-19(3,4)13-18)22-17(20-11-15(25)23(5)6)21-12-16(26)24(7)8;/h14H,9-13H2,1-8H3,(H2,20,21,22);1H. The first-order valence-corrected chi connectivity index (χ1v) is 9.26. The van der Waals surface area contributed by atoms with Gasteiger partial charge in [-0.2, -0.15) is 0 Å². The van der Waals surface area contributed by atoms with Crippen LogP contribution >= 0.6 is 24.0 Å². The molecular weight excluding hydrogens is 457 g/mol. The number of hydrogen-bond acceptors (Lipinski definition) is 3. The molecule has 0 aromatic heterocycles. The van der Waals surface area contributed by atoms with Crippen molar-refractivity contribution in [3.05, 3.63) is 0 Å². The topological polar surface area (TPSA) is 77.0 Å². The minimum atomic E-state index is -0.0747. The van der Waals surface area contributed by atoms with Gasteiger partial charge in [0.15, 0.2) is 5.96 Å². The summed E-state index contributed by atoms with van der Waals surface area (Å²) in [6, 6.07) is 0.254. The number of halogens is 1. The predicted molar refractivity (Wildman–Crippen MR) is 121 cm³/mol. The van der Waals surface area contributed by atoms with Crippen LogP contribution in [0.3, 0.4) is 0 Å². The highest BCUT2D eigenvalue weighted by Gasteiger charge is 2.38. The van der Waals surface area contributed by atoms with E-state index in [2.05, 4.69) is 43.3 Å². The van der Waals surface area contributed by atoms with Gasteiger partial charge in [0.2, 0.25) is 11.8 Å². The molecule has 0 radical (unpaired) electrons. The van der Waals surface area contributed by atoms with E-state index in [0.29, 0.717) is 5.96 Å². The molecule has 7 nitrogen and oxygen atoms in total. The molecule has 0 atom stereocenters. The van der Waals surface area contributed by atoms with Gasteiger partial charge in [-0.15, -0.1) is 24.0 Å². The number of likely N-dealkylation sites (N-methyl/N-ethyl adjacent to an activating group) is 2. The second-order valence-corrected chi connectivity index (χ2v) is 9.35. The molecule has 1 saturated carbocycles. The summed E-state index contributed by atoms with van der Waals surface area (Å²) in [5.74, 6) is 0.408. The van der Waals surface area contributed by atoms with Crippen molar-refractivity contribution in [2.45, 2.75) is 53.0 Å². The quantitative estimate of drug-likeness (QED) is 0.347. The SMILES string of the molecule is CN(C)C(=O)CN=C(NCC(=O)N(C)C)NC1CC(C)(C)CC(C)(C)C1.I.